The van der Waals surface area contributed by atoms with Crippen LogP contribution in [0.1, 0.15) is 0 Å². The number of rotatable bonds is 2. The molecule has 2 aromatic carbocycles. The lowest BCUT2D eigenvalue weighted by Gasteiger charge is -2.12. The van der Waals surface area contributed by atoms with E-state index in [0.29, 0.717) is 27.6 Å². The summed E-state index contributed by atoms with van der Waals surface area (Å²) in [4.78, 5) is 4.34. The van der Waals surface area contributed by atoms with E-state index in [1.54, 1.807) is 18.3 Å². The topological polar surface area (TPSA) is 50.9 Å². The number of anilines is 3. The number of nitrogens with two attached hydrogens (primary N) is 1. The molecule has 0 unspecified atom stereocenters. The molecule has 0 aliphatic carbocycles. The second kappa shape index (κ2) is 5.50. The van der Waals surface area contributed by atoms with Gasteiger partial charge in [0.25, 0.3) is 0 Å². The minimum atomic E-state index is -0.388. The molecule has 0 fully saturated rings. The molecule has 3 rings (SSSR count). The molecule has 0 aliphatic rings. The summed E-state index contributed by atoms with van der Waals surface area (Å²) in [5, 5.41) is 4.25. The molecule has 1 aromatic heterocycles. The third kappa shape index (κ3) is 2.80. The number of nitrogen functional groups attached to an aromatic ring is 1. The number of pyridine rings is 1. The van der Waals surface area contributed by atoms with E-state index in [9.17, 15) is 4.39 Å². The number of hydrogen-bond acceptors (Lipinski definition) is 3. The molecule has 3 N–H and O–H groups in total. The number of aromatic nitrogens is 1. The van der Waals surface area contributed by atoms with E-state index in [4.69, 9.17) is 17.3 Å². The Morgan fingerprint density at radius 1 is 1.14 bits per heavy atom. The first-order valence-electron chi connectivity index (χ1n) is 6.10. The molecule has 1 heterocycles. The first kappa shape index (κ1) is 14.1. The molecular weight excluding hydrogens is 357 g/mol. The summed E-state index contributed by atoms with van der Waals surface area (Å²) in [6, 6.07) is 9.72. The quantitative estimate of drug-likeness (QED) is 0.619. The molecule has 0 saturated carbocycles. The van der Waals surface area contributed by atoms with Gasteiger partial charge in [-0.05, 0) is 52.3 Å². The maximum atomic E-state index is 13.8. The summed E-state index contributed by atoms with van der Waals surface area (Å²) in [5.41, 5.74) is 8.18. The van der Waals surface area contributed by atoms with Gasteiger partial charge in [0.05, 0.1) is 16.9 Å². The molecule has 106 valence electrons. The lowest BCUT2D eigenvalue weighted by molar-refractivity contribution is 0.632. The standard InChI is InChI=1S/C15H10BrClFN3/c16-8-5-10-12(19)3-4-13(15(10)20-7-8)21-14-6-9(17)1-2-11(14)18/h1-7,21H,19H2. The molecule has 3 nitrogen and oxygen atoms in total. The van der Waals surface area contributed by atoms with Gasteiger partial charge in [0.1, 0.15) is 5.82 Å². The zero-order valence-corrected chi connectivity index (χ0v) is 13.0. The van der Waals surface area contributed by atoms with Gasteiger partial charge in [0.2, 0.25) is 0 Å². The van der Waals surface area contributed by atoms with Crippen molar-refractivity contribution < 1.29 is 4.39 Å². The summed E-state index contributed by atoms with van der Waals surface area (Å²) in [6.07, 6.45) is 1.67. The van der Waals surface area contributed by atoms with Crippen LogP contribution in [0.2, 0.25) is 5.02 Å². The first-order valence-corrected chi connectivity index (χ1v) is 7.27. The Balaban J connectivity index is 2.13. The van der Waals surface area contributed by atoms with E-state index in [2.05, 4.69) is 26.2 Å². The third-order valence-corrected chi connectivity index (χ3v) is 3.72. The van der Waals surface area contributed by atoms with Crippen LogP contribution in [0.5, 0.6) is 0 Å². The molecule has 0 amide bonds. The Labute approximate surface area is 134 Å². The maximum Gasteiger partial charge on any atom is 0.146 e. The minimum Gasteiger partial charge on any atom is -0.398 e. The number of hydrogen-bond donors (Lipinski definition) is 2. The fraction of sp³-hybridized carbons (Fsp3) is 0. The highest BCUT2D eigenvalue weighted by atomic mass is 79.9. The molecular formula is C15H10BrClFN3. The zero-order valence-electron chi connectivity index (χ0n) is 10.7. The smallest absolute Gasteiger partial charge is 0.146 e. The molecule has 21 heavy (non-hydrogen) atoms. The van der Waals surface area contributed by atoms with Crippen LogP contribution in [-0.2, 0) is 0 Å². The van der Waals surface area contributed by atoms with Crippen LogP contribution in [0.3, 0.4) is 0 Å². The highest BCUT2D eigenvalue weighted by Gasteiger charge is 2.09. The fourth-order valence-electron chi connectivity index (χ4n) is 2.06. The monoisotopic (exact) mass is 365 g/mol. The largest absolute Gasteiger partial charge is 0.398 e. The fourth-order valence-corrected chi connectivity index (χ4v) is 2.56. The maximum absolute atomic E-state index is 13.8. The molecule has 3 aromatic rings. The van der Waals surface area contributed by atoms with Gasteiger partial charge in [-0.2, -0.15) is 0 Å². The van der Waals surface area contributed by atoms with Gasteiger partial charge in [0, 0.05) is 26.8 Å². The Kier molecular flexibility index (Phi) is 3.69. The Morgan fingerprint density at radius 3 is 2.76 bits per heavy atom. The Bertz CT molecular complexity index is 839. The van der Waals surface area contributed by atoms with Crippen molar-refractivity contribution in [3.8, 4) is 0 Å². The SMILES string of the molecule is Nc1ccc(Nc2cc(Cl)ccc2F)c2ncc(Br)cc12. The third-order valence-electron chi connectivity index (χ3n) is 3.05. The zero-order chi connectivity index (χ0) is 15.0. The number of nitrogens with zero attached hydrogens (tertiary/aromatic N) is 1. The minimum absolute atomic E-state index is 0.290. The number of nitrogens with one attached hydrogen (secondary N) is 1. The van der Waals surface area contributed by atoms with Gasteiger partial charge >= 0.3 is 0 Å². The normalized spacial score (nSPS) is 10.8. The summed E-state index contributed by atoms with van der Waals surface area (Å²) >= 11 is 9.26. The molecule has 0 bridgehead atoms. The Morgan fingerprint density at radius 2 is 1.95 bits per heavy atom. The van der Waals surface area contributed by atoms with Crippen LogP contribution in [0.15, 0.2) is 47.1 Å². The number of halogens is 3. The average Bonchev–Trinajstić information content (AvgIpc) is 2.46. The summed E-state index contributed by atoms with van der Waals surface area (Å²) in [6.45, 7) is 0. The predicted molar refractivity (Wildman–Crippen MR) is 88.5 cm³/mol. The van der Waals surface area contributed by atoms with Crippen LogP contribution in [0, 0.1) is 5.82 Å². The van der Waals surface area contributed by atoms with Crippen molar-refractivity contribution >= 4 is 55.5 Å². The van der Waals surface area contributed by atoms with Crippen molar-refractivity contribution in [2.45, 2.75) is 0 Å². The number of benzene rings is 2. The highest BCUT2D eigenvalue weighted by molar-refractivity contribution is 9.10. The van der Waals surface area contributed by atoms with Crippen molar-refractivity contribution in [2.24, 2.45) is 0 Å². The van der Waals surface area contributed by atoms with Crippen LogP contribution in [-0.4, -0.2) is 4.98 Å². The molecule has 0 aliphatic heterocycles. The van der Waals surface area contributed by atoms with Crippen LogP contribution >= 0.6 is 27.5 Å². The van der Waals surface area contributed by atoms with Gasteiger partial charge in [-0.15, -0.1) is 0 Å². The van der Waals surface area contributed by atoms with E-state index in [-0.39, 0.29) is 5.82 Å². The van der Waals surface area contributed by atoms with Gasteiger partial charge < -0.3 is 11.1 Å². The summed E-state index contributed by atoms with van der Waals surface area (Å²) in [5.74, 6) is -0.388. The van der Waals surface area contributed by atoms with E-state index in [0.717, 1.165) is 9.86 Å². The van der Waals surface area contributed by atoms with E-state index in [1.165, 1.54) is 18.2 Å². The van der Waals surface area contributed by atoms with Crippen LogP contribution in [0.25, 0.3) is 10.9 Å². The van der Waals surface area contributed by atoms with Gasteiger partial charge in [-0.3, -0.25) is 4.98 Å². The van der Waals surface area contributed by atoms with E-state index < -0.39 is 0 Å². The molecule has 0 saturated heterocycles. The van der Waals surface area contributed by atoms with Crippen molar-refractivity contribution in [2.75, 3.05) is 11.1 Å². The summed E-state index contributed by atoms with van der Waals surface area (Å²) in [7, 11) is 0. The number of fused-ring (bicyclic) bond motifs is 1. The van der Waals surface area contributed by atoms with Crippen molar-refractivity contribution in [3.05, 3.63) is 57.9 Å². The first-order chi connectivity index (χ1) is 10.0. The lowest BCUT2D eigenvalue weighted by Crippen LogP contribution is -1.97. The average molecular weight is 367 g/mol. The second-order valence-corrected chi connectivity index (χ2v) is 5.85. The Hall–Kier alpha value is -1.85. The van der Waals surface area contributed by atoms with Crippen molar-refractivity contribution in [3.63, 3.8) is 0 Å². The van der Waals surface area contributed by atoms with Crippen molar-refractivity contribution in [1.29, 1.82) is 0 Å². The predicted octanol–water partition coefficient (Wildman–Crippen LogP) is 5.12. The summed E-state index contributed by atoms with van der Waals surface area (Å²) < 4.78 is 14.7. The van der Waals surface area contributed by atoms with Crippen molar-refractivity contribution in [1.82, 2.24) is 4.98 Å². The molecule has 6 heteroatoms. The van der Waals surface area contributed by atoms with E-state index in [1.807, 2.05) is 6.07 Å². The van der Waals surface area contributed by atoms with Gasteiger partial charge in [-0.25, -0.2) is 4.39 Å². The molecule has 0 spiro atoms. The highest BCUT2D eigenvalue weighted by Crippen LogP contribution is 2.32. The van der Waals surface area contributed by atoms with E-state index >= 15 is 0 Å². The van der Waals surface area contributed by atoms with Gasteiger partial charge in [-0.1, -0.05) is 11.6 Å². The molecule has 0 atom stereocenters. The van der Waals surface area contributed by atoms with Crippen LogP contribution < -0.4 is 11.1 Å². The molecule has 0 radical (unpaired) electrons. The van der Waals surface area contributed by atoms with Gasteiger partial charge in [0.15, 0.2) is 0 Å². The van der Waals surface area contributed by atoms with Crippen LogP contribution in [0.4, 0.5) is 21.5 Å². The lowest BCUT2D eigenvalue weighted by atomic mass is 10.1. The second-order valence-electron chi connectivity index (χ2n) is 4.50.